The molecular weight excluding hydrogens is 214 g/mol. The fourth-order valence-electron chi connectivity index (χ4n) is 1.59. The van der Waals surface area contributed by atoms with Crippen LogP contribution >= 0.6 is 0 Å². The quantitative estimate of drug-likeness (QED) is 0.873. The van der Waals surface area contributed by atoms with Crippen molar-refractivity contribution in [1.29, 1.82) is 0 Å². The lowest BCUT2D eigenvalue weighted by molar-refractivity contribution is 0.290. The zero-order valence-electron chi connectivity index (χ0n) is 9.76. The Balaban J connectivity index is 2.12. The third-order valence-corrected chi connectivity index (χ3v) is 2.51. The van der Waals surface area contributed by atoms with Crippen molar-refractivity contribution in [3.63, 3.8) is 0 Å². The Morgan fingerprint density at radius 2 is 1.94 bits per heavy atom. The molecule has 0 fully saturated rings. The van der Waals surface area contributed by atoms with Crippen LogP contribution in [0.25, 0.3) is 0 Å². The van der Waals surface area contributed by atoms with Gasteiger partial charge in [0.25, 0.3) is 0 Å². The van der Waals surface area contributed by atoms with Gasteiger partial charge in [-0.05, 0) is 12.0 Å². The number of nitrogen functional groups attached to an aromatic ring is 1. The molecule has 0 bridgehead atoms. The smallest absolute Gasteiger partial charge is 0.222 e. The van der Waals surface area contributed by atoms with Crippen LogP contribution in [0.3, 0.4) is 0 Å². The van der Waals surface area contributed by atoms with Gasteiger partial charge in [0.15, 0.2) is 0 Å². The zero-order valence-corrected chi connectivity index (χ0v) is 9.76. The largest absolute Gasteiger partial charge is 0.472 e. The maximum Gasteiger partial charge on any atom is 0.222 e. The van der Waals surface area contributed by atoms with E-state index in [1.165, 1.54) is 6.33 Å². The maximum absolute atomic E-state index is 5.77. The van der Waals surface area contributed by atoms with Crippen molar-refractivity contribution in [3.8, 4) is 5.88 Å². The van der Waals surface area contributed by atoms with Crippen LogP contribution in [0.2, 0.25) is 0 Å². The van der Waals surface area contributed by atoms with Gasteiger partial charge in [0, 0.05) is 0 Å². The summed E-state index contributed by atoms with van der Waals surface area (Å²) in [5.74, 6) is 1.06. The first kappa shape index (κ1) is 11.4. The number of anilines is 1. The number of nitrogens with zero attached hydrogens (tertiary/aromatic N) is 2. The Bertz CT molecular complexity index is 485. The van der Waals surface area contributed by atoms with E-state index >= 15 is 0 Å². The fraction of sp³-hybridized carbons (Fsp3) is 0.231. The van der Waals surface area contributed by atoms with Gasteiger partial charge in [-0.15, -0.1) is 0 Å². The highest BCUT2D eigenvalue weighted by atomic mass is 16.5. The molecule has 0 saturated carbocycles. The number of rotatable bonds is 4. The summed E-state index contributed by atoms with van der Waals surface area (Å²) >= 11 is 0. The molecule has 0 radical (unpaired) electrons. The molecule has 0 aliphatic carbocycles. The van der Waals surface area contributed by atoms with Gasteiger partial charge in [-0.1, -0.05) is 37.3 Å². The van der Waals surface area contributed by atoms with Gasteiger partial charge in [-0.3, -0.25) is 0 Å². The van der Waals surface area contributed by atoms with Crippen LogP contribution in [0, 0.1) is 0 Å². The molecule has 0 aliphatic heterocycles. The molecule has 0 amide bonds. The SMILES string of the molecule is CCc1c(N)ncnc1OCc1ccccc1. The second-order valence-corrected chi connectivity index (χ2v) is 3.67. The molecule has 4 nitrogen and oxygen atoms in total. The monoisotopic (exact) mass is 229 g/mol. The highest BCUT2D eigenvalue weighted by Crippen LogP contribution is 2.20. The zero-order chi connectivity index (χ0) is 12.1. The molecule has 0 saturated heterocycles. The molecule has 1 heterocycles. The van der Waals surface area contributed by atoms with E-state index < -0.39 is 0 Å². The van der Waals surface area contributed by atoms with Gasteiger partial charge in [0.1, 0.15) is 18.8 Å². The second-order valence-electron chi connectivity index (χ2n) is 3.67. The van der Waals surface area contributed by atoms with Gasteiger partial charge in [-0.25, -0.2) is 9.97 Å². The van der Waals surface area contributed by atoms with Crippen molar-refractivity contribution in [2.45, 2.75) is 20.0 Å². The van der Waals surface area contributed by atoms with Crippen molar-refractivity contribution in [3.05, 3.63) is 47.8 Å². The summed E-state index contributed by atoms with van der Waals surface area (Å²) in [6.07, 6.45) is 2.19. The van der Waals surface area contributed by atoms with Crippen LogP contribution in [-0.2, 0) is 13.0 Å². The minimum atomic E-state index is 0.490. The molecular formula is C13H15N3O. The molecule has 0 spiro atoms. The first-order chi connectivity index (χ1) is 8.31. The van der Waals surface area contributed by atoms with Crippen LogP contribution in [0.4, 0.5) is 5.82 Å². The summed E-state index contributed by atoms with van der Waals surface area (Å²) < 4.78 is 5.66. The Hall–Kier alpha value is -2.10. The molecule has 17 heavy (non-hydrogen) atoms. The molecule has 2 rings (SSSR count). The third kappa shape index (κ3) is 2.72. The minimum Gasteiger partial charge on any atom is -0.472 e. The van der Waals surface area contributed by atoms with Crippen LogP contribution < -0.4 is 10.5 Å². The summed E-state index contributed by atoms with van der Waals surface area (Å²) in [6, 6.07) is 9.96. The first-order valence-corrected chi connectivity index (χ1v) is 5.57. The van der Waals surface area contributed by atoms with Gasteiger partial charge in [0.05, 0.1) is 5.56 Å². The third-order valence-electron chi connectivity index (χ3n) is 2.51. The lowest BCUT2D eigenvalue weighted by Crippen LogP contribution is -2.04. The summed E-state index contributed by atoms with van der Waals surface area (Å²) in [4.78, 5) is 8.06. The van der Waals surface area contributed by atoms with Crippen LogP contribution in [0.15, 0.2) is 36.7 Å². The fourth-order valence-corrected chi connectivity index (χ4v) is 1.59. The van der Waals surface area contributed by atoms with Gasteiger partial charge in [-0.2, -0.15) is 0 Å². The van der Waals surface area contributed by atoms with Crippen molar-refractivity contribution in [1.82, 2.24) is 9.97 Å². The lowest BCUT2D eigenvalue weighted by Gasteiger charge is -2.10. The Kier molecular flexibility index (Phi) is 3.55. The maximum atomic E-state index is 5.77. The topological polar surface area (TPSA) is 61.0 Å². The normalized spacial score (nSPS) is 10.2. The van der Waals surface area contributed by atoms with Crippen LogP contribution in [-0.4, -0.2) is 9.97 Å². The average molecular weight is 229 g/mol. The number of ether oxygens (including phenoxy) is 1. The van der Waals surface area contributed by atoms with Crippen molar-refractivity contribution in [2.75, 3.05) is 5.73 Å². The molecule has 1 aromatic heterocycles. The predicted octanol–water partition coefficient (Wildman–Crippen LogP) is 2.20. The highest BCUT2D eigenvalue weighted by Gasteiger charge is 2.08. The Morgan fingerprint density at radius 1 is 1.18 bits per heavy atom. The van der Waals surface area contributed by atoms with Crippen molar-refractivity contribution in [2.24, 2.45) is 0 Å². The van der Waals surface area contributed by atoms with E-state index in [0.29, 0.717) is 18.3 Å². The Morgan fingerprint density at radius 3 is 2.65 bits per heavy atom. The number of nitrogens with two attached hydrogens (primary N) is 1. The predicted molar refractivity (Wildman–Crippen MR) is 66.6 cm³/mol. The standard InChI is InChI=1S/C13H15N3O/c1-2-11-12(14)15-9-16-13(11)17-8-10-6-4-3-5-7-10/h3-7,9H,2,8H2,1H3,(H2,14,15,16). The summed E-state index contributed by atoms with van der Waals surface area (Å²) in [7, 11) is 0. The van der Waals surface area contributed by atoms with E-state index in [0.717, 1.165) is 17.5 Å². The highest BCUT2D eigenvalue weighted by molar-refractivity contribution is 5.44. The van der Waals surface area contributed by atoms with Crippen molar-refractivity contribution < 1.29 is 4.74 Å². The van der Waals surface area contributed by atoms with Crippen LogP contribution in [0.1, 0.15) is 18.1 Å². The van der Waals surface area contributed by atoms with Crippen molar-refractivity contribution >= 4 is 5.82 Å². The van der Waals surface area contributed by atoms with E-state index in [-0.39, 0.29) is 0 Å². The molecule has 0 unspecified atom stereocenters. The van der Waals surface area contributed by atoms with Crippen LogP contribution in [0.5, 0.6) is 5.88 Å². The van der Waals surface area contributed by atoms with E-state index in [2.05, 4.69) is 9.97 Å². The van der Waals surface area contributed by atoms with E-state index in [1.54, 1.807) is 0 Å². The molecule has 0 aliphatic rings. The number of aromatic nitrogens is 2. The van der Waals surface area contributed by atoms with E-state index in [4.69, 9.17) is 10.5 Å². The number of benzene rings is 1. The number of hydrogen-bond donors (Lipinski definition) is 1. The van der Waals surface area contributed by atoms with E-state index in [9.17, 15) is 0 Å². The summed E-state index contributed by atoms with van der Waals surface area (Å²) in [5, 5.41) is 0. The summed E-state index contributed by atoms with van der Waals surface area (Å²) in [5.41, 5.74) is 7.74. The van der Waals surface area contributed by atoms with E-state index in [1.807, 2.05) is 37.3 Å². The summed E-state index contributed by atoms with van der Waals surface area (Å²) in [6.45, 7) is 2.49. The minimum absolute atomic E-state index is 0.490. The molecule has 2 N–H and O–H groups in total. The van der Waals surface area contributed by atoms with Gasteiger partial charge < -0.3 is 10.5 Å². The Labute approximate surface area is 100 Å². The van der Waals surface area contributed by atoms with Gasteiger partial charge in [0.2, 0.25) is 5.88 Å². The molecule has 2 aromatic rings. The molecule has 0 atom stereocenters. The lowest BCUT2D eigenvalue weighted by atomic mass is 10.2. The van der Waals surface area contributed by atoms with Gasteiger partial charge >= 0.3 is 0 Å². The molecule has 88 valence electrons. The second kappa shape index (κ2) is 5.30. The average Bonchev–Trinajstić information content (AvgIpc) is 2.37. The number of hydrogen-bond acceptors (Lipinski definition) is 4. The molecule has 4 heteroatoms. The first-order valence-electron chi connectivity index (χ1n) is 5.57. The molecule has 1 aromatic carbocycles.